The average molecular weight is 300 g/mol. The van der Waals surface area contributed by atoms with Crippen LogP contribution in [0.25, 0.3) is 0 Å². The van der Waals surface area contributed by atoms with Crippen LogP contribution in [0.3, 0.4) is 0 Å². The summed E-state index contributed by atoms with van der Waals surface area (Å²) in [6.45, 7) is 10.5. The molecule has 0 unspecified atom stereocenters. The van der Waals surface area contributed by atoms with Crippen molar-refractivity contribution in [1.82, 2.24) is 21.5 Å². The van der Waals surface area contributed by atoms with Gasteiger partial charge in [-0.25, -0.2) is 0 Å². The third kappa shape index (κ3) is 9.09. The third-order valence-electron chi connectivity index (χ3n) is 1.92. The molecule has 4 N–H and O–H groups in total. The predicted molar refractivity (Wildman–Crippen MR) is 89.6 cm³/mol. The van der Waals surface area contributed by atoms with Gasteiger partial charge in [-0.2, -0.15) is 10.2 Å². The Hall–Kier alpha value is -1.54. The van der Waals surface area contributed by atoms with Gasteiger partial charge in [0.15, 0.2) is 10.2 Å². The summed E-state index contributed by atoms with van der Waals surface area (Å²) < 4.78 is 0. The molecule has 0 atom stereocenters. The molecule has 0 amide bonds. The molecule has 0 fully saturated rings. The maximum atomic E-state index is 5.00. The molecular weight excluding hydrogens is 280 g/mol. The number of nitrogens with one attached hydrogen (secondary N) is 4. The highest BCUT2D eigenvalue weighted by molar-refractivity contribution is 7.80. The lowest BCUT2D eigenvalue weighted by molar-refractivity contribution is 0.901. The topological polar surface area (TPSA) is 72.8 Å². The molecule has 0 rings (SSSR count). The van der Waals surface area contributed by atoms with Crippen LogP contribution >= 0.6 is 24.4 Å². The zero-order valence-corrected chi connectivity index (χ0v) is 13.0. The molecule has 106 valence electrons. The first kappa shape index (κ1) is 17.5. The normalized spacial score (nSPS) is 11.5. The van der Waals surface area contributed by atoms with Crippen molar-refractivity contribution < 1.29 is 0 Å². The zero-order chi connectivity index (χ0) is 14.7. The molecule has 0 saturated carbocycles. The van der Waals surface area contributed by atoms with Crippen LogP contribution in [0.15, 0.2) is 22.9 Å². The Balaban J connectivity index is 4.26. The van der Waals surface area contributed by atoms with Crippen LogP contribution in [-0.4, -0.2) is 34.7 Å². The molecule has 0 aliphatic heterocycles. The van der Waals surface area contributed by atoms with Crippen LogP contribution in [-0.2, 0) is 0 Å². The van der Waals surface area contributed by atoms with Crippen LogP contribution in [0.2, 0.25) is 0 Å². The Morgan fingerprint density at radius 1 is 1.05 bits per heavy atom. The first-order valence-corrected chi connectivity index (χ1v) is 6.60. The van der Waals surface area contributed by atoms with Gasteiger partial charge in [-0.15, -0.1) is 6.58 Å². The summed E-state index contributed by atoms with van der Waals surface area (Å²) in [5.41, 5.74) is 6.85. The lowest BCUT2D eigenvalue weighted by Gasteiger charge is -2.07. The van der Waals surface area contributed by atoms with Crippen molar-refractivity contribution in [1.29, 1.82) is 0 Å². The SMILES string of the molecule is C=CCNC(=S)N/N=C(C)/C(C)=N/NC(=S)NCC. The van der Waals surface area contributed by atoms with Gasteiger partial charge in [-0.3, -0.25) is 10.9 Å². The second-order valence-corrected chi connectivity index (χ2v) is 4.29. The lowest BCUT2D eigenvalue weighted by Crippen LogP contribution is -2.34. The summed E-state index contributed by atoms with van der Waals surface area (Å²) in [4.78, 5) is 0. The van der Waals surface area contributed by atoms with E-state index in [4.69, 9.17) is 24.4 Å². The quantitative estimate of drug-likeness (QED) is 0.252. The van der Waals surface area contributed by atoms with Crippen LogP contribution in [0.4, 0.5) is 0 Å². The summed E-state index contributed by atoms with van der Waals surface area (Å²) in [5, 5.41) is 14.9. The summed E-state index contributed by atoms with van der Waals surface area (Å²) in [7, 11) is 0. The van der Waals surface area contributed by atoms with E-state index >= 15 is 0 Å². The van der Waals surface area contributed by atoms with Gasteiger partial charge >= 0.3 is 0 Å². The number of nitrogens with zero attached hydrogens (tertiary/aromatic N) is 2. The maximum absolute atomic E-state index is 5.00. The highest BCUT2D eigenvalue weighted by Gasteiger charge is 1.98. The van der Waals surface area contributed by atoms with E-state index in [1.807, 2.05) is 20.8 Å². The average Bonchev–Trinajstić information content (AvgIpc) is 2.39. The van der Waals surface area contributed by atoms with Gasteiger partial charge in [0.2, 0.25) is 0 Å². The Morgan fingerprint density at radius 3 is 1.95 bits per heavy atom. The second kappa shape index (κ2) is 10.4. The number of hydrogen-bond acceptors (Lipinski definition) is 4. The standard InChI is InChI=1S/C11H20N6S2/c1-5-7-13-11(19)17-15-9(4)8(3)14-16-10(18)12-6-2/h5H,1,6-7H2,2-4H3,(H2,12,16,18)(H2,13,17,19)/b14-8+,15-9+. The van der Waals surface area contributed by atoms with E-state index < -0.39 is 0 Å². The molecule has 6 nitrogen and oxygen atoms in total. The summed E-state index contributed by atoms with van der Waals surface area (Å²) in [6.07, 6.45) is 1.71. The van der Waals surface area contributed by atoms with Crippen LogP contribution < -0.4 is 21.5 Å². The Morgan fingerprint density at radius 2 is 1.53 bits per heavy atom. The molecule has 8 heteroatoms. The fraction of sp³-hybridized carbons (Fsp3) is 0.455. The minimum atomic E-state index is 0.433. The van der Waals surface area contributed by atoms with Gasteiger partial charge in [0.05, 0.1) is 11.4 Å². The molecule has 0 aromatic rings. The molecule has 0 saturated heterocycles. The molecule has 0 aromatic heterocycles. The van der Waals surface area contributed by atoms with Gasteiger partial charge in [0.1, 0.15) is 0 Å². The number of thiocarbonyl (C=S) groups is 2. The van der Waals surface area contributed by atoms with Crippen molar-refractivity contribution in [2.24, 2.45) is 10.2 Å². The molecule has 0 aliphatic rings. The molecule has 0 radical (unpaired) electrons. The van der Waals surface area contributed by atoms with Crippen molar-refractivity contribution in [3.63, 3.8) is 0 Å². The molecule has 0 spiro atoms. The van der Waals surface area contributed by atoms with Gasteiger partial charge in [-0.05, 0) is 45.2 Å². The minimum absolute atomic E-state index is 0.433. The highest BCUT2D eigenvalue weighted by Crippen LogP contribution is 1.82. The number of hydrazone groups is 2. The number of hydrogen-bond donors (Lipinski definition) is 4. The van der Waals surface area contributed by atoms with Crippen LogP contribution in [0.1, 0.15) is 20.8 Å². The second-order valence-electron chi connectivity index (χ2n) is 3.48. The van der Waals surface area contributed by atoms with Crippen molar-refractivity contribution in [2.45, 2.75) is 20.8 Å². The molecule has 0 bridgehead atoms. The van der Waals surface area contributed by atoms with E-state index in [2.05, 4.69) is 38.3 Å². The Bertz CT molecular complexity index is 389. The third-order valence-corrected chi connectivity index (χ3v) is 2.39. The first-order valence-electron chi connectivity index (χ1n) is 5.78. The molecule has 0 aromatic carbocycles. The van der Waals surface area contributed by atoms with Crippen molar-refractivity contribution in [3.05, 3.63) is 12.7 Å². The summed E-state index contributed by atoms with van der Waals surface area (Å²) in [6, 6.07) is 0. The highest BCUT2D eigenvalue weighted by atomic mass is 32.1. The van der Waals surface area contributed by atoms with Crippen molar-refractivity contribution >= 4 is 46.1 Å². The molecule has 19 heavy (non-hydrogen) atoms. The van der Waals surface area contributed by atoms with E-state index in [1.165, 1.54) is 0 Å². The fourth-order valence-corrected chi connectivity index (χ4v) is 1.15. The predicted octanol–water partition coefficient (Wildman–Crippen LogP) is 0.872. The van der Waals surface area contributed by atoms with E-state index in [-0.39, 0.29) is 0 Å². The zero-order valence-electron chi connectivity index (χ0n) is 11.4. The van der Waals surface area contributed by atoms with Crippen LogP contribution in [0, 0.1) is 0 Å². The van der Waals surface area contributed by atoms with E-state index in [1.54, 1.807) is 6.08 Å². The smallest absolute Gasteiger partial charge is 0.187 e. The first-order chi connectivity index (χ1) is 9.01. The van der Waals surface area contributed by atoms with Gasteiger partial charge in [0, 0.05) is 13.1 Å². The van der Waals surface area contributed by atoms with Crippen LogP contribution in [0.5, 0.6) is 0 Å². The summed E-state index contributed by atoms with van der Waals surface area (Å²) in [5.74, 6) is 0. The molecule has 0 heterocycles. The summed E-state index contributed by atoms with van der Waals surface area (Å²) >= 11 is 9.99. The Labute approximate surface area is 124 Å². The maximum Gasteiger partial charge on any atom is 0.187 e. The largest absolute Gasteiger partial charge is 0.362 e. The monoisotopic (exact) mass is 300 g/mol. The van der Waals surface area contributed by atoms with Gasteiger partial charge in [-0.1, -0.05) is 6.08 Å². The van der Waals surface area contributed by atoms with Crippen molar-refractivity contribution in [2.75, 3.05) is 13.1 Å². The fourth-order valence-electron chi connectivity index (χ4n) is 0.836. The van der Waals surface area contributed by atoms with Gasteiger partial charge in [0.25, 0.3) is 0 Å². The lowest BCUT2D eigenvalue weighted by atomic mass is 10.3. The minimum Gasteiger partial charge on any atom is -0.362 e. The van der Waals surface area contributed by atoms with E-state index in [0.717, 1.165) is 6.54 Å². The Kier molecular flexibility index (Phi) is 9.55. The van der Waals surface area contributed by atoms with E-state index in [0.29, 0.717) is 28.2 Å². The molecular formula is C11H20N6S2. The van der Waals surface area contributed by atoms with Crippen molar-refractivity contribution in [3.8, 4) is 0 Å². The van der Waals surface area contributed by atoms with Gasteiger partial charge < -0.3 is 10.6 Å². The number of rotatable bonds is 6. The molecule has 0 aliphatic carbocycles. The van der Waals surface area contributed by atoms with E-state index in [9.17, 15) is 0 Å².